The van der Waals surface area contributed by atoms with Gasteiger partial charge in [-0.05, 0) is 70.6 Å². The Morgan fingerprint density at radius 2 is 1.52 bits per heavy atom. The highest BCUT2D eigenvalue weighted by Crippen LogP contribution is 2.37. The first-order valence-corrected chi connectivity index (χ1v) is 9.56. The second-order valence-corrected chi connectivity index (χ2v) is 9.28. The smallest absolute Gasteiger partial charge is 0.399 e. The molecule has 3 aliphatic rings. The Labute approximate surface area is 152 Å². The molecule has 2 atom stereocenters. The van der Waals surface area contributed by atoms with E-state index in [0.717, 1.165) is 17.3 Å². The minimum atomic E-state index is -0.289. The molecule has 0 aliphatic carbocycles. The van der Waals surface area contributed by atoms with Gasteiger partial charge in [0.1, 0.15) is 0 Å². The largest absolute Gasteiger partial charge is 0.494 e. The Morgan fingerprint density at radius 3 is 2.04 bits per heavy atom. The Balaban J connectivity index is 1.51. The predicted molar refractivity (Wildman–Crippen MR) is 104 cm³/mol. The first-order valence-electron chi connectivity index (χ1n) is 9.56. The van der Waals surface area contributed by atoms with Crippen LogP contribution in [0.25, 0.3) is 0 Å². The third-order valence-corrected chi connectivity index (χ3v) is 6.76. The van der Waals surface area contributed by atoms with Crippen molar-refractivity contribution in [3.8, 4) is 0 Å². The summed E-state index contributed by atoms with van der Waals surface area (Å²) in [4.78, 5) is 5.05. The molecule has 0 saturated carbocycles. The van der Waals surface area contributed by atoms with Gasteiger partial charge in [0.2, 0.25) is 0 Å². The molecule has 3 aliphatic heterocycles. The fourth-order valence-corrected chi connectivity index (χ4v) is 4.58. The maximum absolute atomic E-state index is 6.20. The van der Waals surface area contributed by atoms with Gasteiger partial charge in [0.25, 0.3) is 0 Å². The Bertz CT molecular complexity index is 646. The van der Waals surface area contributed by atoms with Gasteiger partial charge in [-0.1, -0.05) is 12.1 Å². The summed E-state index contributed by atoms with van der Waals surface area (Å²) < 4.78 is 12.4. The summed E-state index contributed by atoms with van der Waals surface area (Å²) in [5.41, 5.74) is 3.24. The minimum absolute atomic E-state index is 0.274. The van der Waals surface area contributed by atoms with Crippen molar-refractivity contribution in [1.82, 2.24) is 4.90 Å². The lowest BCUT2D eigenvalue weighted by molar-refractivity contribution is 0.00578. The number of hydrogen-bond donors (Lipinski definition) is 0. The van der Waals surface area contributed by atoms with E-state index < -0.39 is 0 Å². The van der Waals surface area contributed by atoms with E-state index in [-0.39, 0.29) is 18.3 Å². The molecule has 136 valence electrons. The summed E-state index contributed by atoms with van der Waals surface area (Å²) in [5, 5.41) is 0. The molecule has 3 heterocycles. The molecule has 0 bridgehead atoms. The van der Waals surface area contributed by atoms with Crippen LogP contribution >= 0.6 is 0 Å². The van der Waals surface area contributed by atoms with Crippen LogP contribution in [0.3, 0.4) is 0 Å². The minimum Gasteiger partial charge on any atom is -0.399 e. The number of nitrogens with zero attached hydrogens (tertiary/aromatic N) is 2. The molecule has 4 nitrogen and oxygen atoms in total. The monoisotopic (exact) mass is 342 g/mol. The molecule has 3 saturated heterocycles. The van der Waals surface area contributed by atoms with E-state index in [0.29, 0.717) is 0 Å². The lowest BCUT2D eigenvalue weighted by Crippen LogP contribution is -2.41. The van der Waals surface area contributed by atoms with Crippen LogP contribution < -0.4 is 10.4 Å². The van der Waals surface area contributed by atoms with Crippen molar-refractivity contribution in [1.29, 1.82) is 0 Å². The molecule has 2 unspecified atom stereocenters. The molecular weight excluding hydrogens is 311 g/mol. The van der Waals surface area contributed by atoms with Gasteiger partial charge >= 0.3 is 7.12 Å². The van der Waals surface area contributed by atoms with Crippen molar-refractivity contribution in [2.75, 3.05) is 38.1 Å². The fourth-order valence-electron chi connectivity index (χ4n) is 4.58. The highest BCUT2D eigenvalue weighted by molar-refractivity contribution is 6.62. The highest BCUT2D eigenvalue weighted by Gasteiger charge is 2.51. The normalized spacial score (nSPS) is 31.0. The molecule has 3 fully saturated rings. The average molecular weight is 342 g/mol. The van der Waals surface area contributed by atoms with Crippen LogP contribution in [0.2, 0.25) is 0 Å². The number of anilines is 1. The van der Waals surface area contributed by atoms with Gasteiger partial charge in [0.15, 0.2) is 0 Å². The molecule has 25 heavy (non-hydrogen) atoms. The average Bonchev–Trinajstić information content (AvgIpc) is 3.08. The standard InChI is InChI=1S/C20H31BN2O2/c1-14-9-17(21-24-19(2,3)20(4,5)25-21)7-8-18(14)23-12-15-10-22(6)11-16(15)13-23/h7-9,15-16H,10-13H2,1-6H3. The lowest BCUT2D eigenvalue weighted by atomic mass is 9.78. The fraction of sp³-hybridized carbons (Fsp3) is 0.700. The third kappa shape index (κ3) is 2.90. The topological polar surface area (TPSA) is 24.9 Å². The van der Waals surface area contributed by atoms with Crippen molar-refractivity contribution in [2.24, 2.45) is 11.8 Å². The zero-order chi connectivity index (χ0) is 18.0. The first-order chi connectivity index (χ1) is 11.7. The molecular formula is C20H31BN2O2. The molecule has 0 radical (unpaired) electrons. The van der Waals surface area contributed by atoms with Gasteiger partial charge in [-0.2, -0.15) is 0 Å². The third-order valence-electron chi connectivity index (χ3n) is 6.76. The van der Waals surface area contributed by atoms with Crippen LogP contribution in [0.1, 0.15) is 33.3 Å². The maximum Gasteiger partial charge on any atom is 0.494 e. The number of rotatable bonds is 2. The molecule has 1 aromatic rings. The van der Waals surface area contributed by atoms with E-state index in [4.69, 9.17) is 9.31 Å². The van der Waals surface area contributed by atoms with Crippen molar-refractivity contribution in [3.05, 3.63) is 23.8 Å². The Morgan fingerprint density at radius 1 is 0.960 bits per heavy atom. The van der Waals surface area contributed by atoms with E-state index in [2.05, 4.69) is 69.7 Å². The molecule has 0 amide bonds. The van der Waals surface area contributed by atoms with Crippen molar-refractivity contribution in [2.45, 2.75) is 45.8 Å². The first kappa shape index (κ1) is 17.4. The zero-order valence-electron chi connectivity index (χ0n) is 16.5. The van der Waals surface area contributed by atoms with Gasteiger partial charge in [-0.25, -0.2) is 0 Å². The van der Waals surface area contributed by atoms with E-state index in [9.17, 15) is 0 Å². The number of fused-ring (bicyclic) bond motifs is 1. The van der Waals surface area contributed by atoms with Gasteiger partial charge in [0.05, 0.1) is 11.2 Å². The number of likely N-dealkylation sites (tertiary alicyclic amines) is 1. The quantitative estimate of drug-likeness (QED) is 0.770. The van der Waals surface area contributed by atoms with E-state index in [1.807, 2.05) is 0 Å². The van der Waals surface area contributed by atoms with Crippen molar-refractivity contribution < 1.29 is 9.31 Å². The van der Waals surface area contributed by atoms with Gasteiger partial charge in [0, 0.05) is 31.9 Å². The van der Waals surface area contributed by atoms with Crippen LogP contribution in [0.4, 0.5) is 5.69 Å². The second kappa shape index (κ2) is 5.73. The van der Waals surface area contributed by atoms with Crippen LogP contribution in [0.5, 0.6) is 0 Å². The molecule has 0 N–H and O–H groups in total. The van der Waals surface area contributed by atoms with Crippen LogP contribution in [0.15, 0.2) is 18.2 Å². The lowest BCUT2D eigenvalue weighted by Gasteiger charge is -2.32. The summed E-state index contributed by atoms with van der Waals surface area (Å²) in [5.74, 6) is 1.65. The number of aryl methyl sites for hydroxylation is 1. The number of hydrogen-bond acceptors (Lipinski definition) is 4. The highest BCUT2D eigenvalue weighted by atomic mass is 16.7. The Kier molecular flexibility index (Phi) is 3.99. The van der Waals surface area contributed by atoms with Crippen LogP contribution in [0, 0.1) is 18.8 Å². The van der Waals surface area contributed by atoms with Gasteiger partial charge < -0.3 is 19.1 Å². The van der Waals surface area contributed by atoms with Crippen molar-refractivity contribution in [3.63, 3.8) is 0 Å². The molecule has 5 heteroatoms. The van der Waals surface area contributed by atoms with Crippen LogP contribution in [-0.4, -0.2) is 56.4 Å². The number of benzene rings is 1. The molecule has 4 rings (SSSR count). The van der Waals surface area contributed by atoms with Crippen molar-refractivity contribution >= 4 is 18.3 Å². The zero-order valence-corrected chi connectivity index (χ0v) is 16.5. The molecule has 0 spiro atoms. The molecule has 0 aromatic heterocycles. The van der Waals surface area contributed by atoms with E-state index >= 15 is 0 Å². The van der Waals surface area contributed by atoms with E-state index in [1.54, 1.807) is 0 Å². The summed E-state index contributed by atoms with van der Waals surface area (Å²) in [6.07, 6.45) is 0. The van der Waals surface area contributed by atoms with Crippen LogP contribution in [-0.2, 0) is 9.31 Å². The van der Waals surface area contributed by atoms with Gasteiger partial charge in [-0.3, -0.25) is 0 Å². The SMILES string of the molecule is Cc1cc(B2OC(C)(C)C(C)(C)O2)ccc1N1CC2CN(C)CC2C1. The predicted octanol–water partition coefficient (Wildman–Crippen LogP) is 2.29. The maximum atomic E-state index is 6.20. The van der Waals surface area contributed by atoms with Gasteiger partial charge in [-0.15, -0.1) is 0 Å². The second-order valence-electron chi connectivity index (χ2n) is 9.28. The Hall–Kier alpha value is -1.04. The summed E-state index contributed by atoms with van der Waals surface area (Å²) in [7, 11) is 1.97. The van der Waals surface area contributed by atoms with E-state index in [1.165, 1.54) is 37.4 Å². The summed E-state index contributed by atoms with van der Waals surface area (Å²) in [6, 6.07) is 6.70. The summed E-state index contributed by atoms with van der Waals surface area (Å²) in [6.45, 7) is 15.5. The molecule has 1 aromatic carbocycles. The summed E-state index contributed by atoms with van der Waals surface area (Å²) >= 11 is 0.